The Hall–Kier alpha value is -0.120. The first kappa shape index (κ1) is 13.3. The lowest BCUT2D eigenvalue weighted by atomic mass is 9.95. The van der Waals surface area contributed by atoms with Crippen molar-refractivity contribution in [2.75, 3.05) is 26.7 Å². The second kappa shape index (κ2) is 6.72. The predicted molar refractivity (Wildman–Crippen MR) is 71.1 cm³/mol. The van der Waals surface area contributed by atoms with E-state index in [0.717, 1.165) is 12.3 Å². The van der Waals surface area contributed by atoms with Gasteiger partial charge >= 0.3 is 0 Å². The van der Waals surface area contributed by atoms with Crippen LogP contribution >= 0.6 is 0 Å². The predicted octanol–water partition coefficient (Wildman–Crippen LogP) is 1.61. The van der Waals surface area contributed by atoms with Crippen LogP contribution in [0.25, 0.3) is 0 Å². The van der Waals surface area contributed by atoms with E-state index in [0.29, 0.717) is 6.04 Å². The van der Waals surface area contributed by atoms with Crippen molar-refractivity contribution in [1.29, 1.82) is 0 Å². The fourth-order valence-corrected chi connectivity index (χ4v) is 3.39. The normalized spacial score (nSPS) is 32.6. The molecule has 1 saturated carbocycles. The number of aliphatic hydroxyl groups is 1. The van der Waals surface area contributed by atoms with Crippen LogP contribution in [0.2, 0.25) is 0 Å². The summed E-state index contributed by atoms with van der Waals surface area (Å²) in [5.74, 6) is 0.830. The lowest BCUT2D eigenvalue weighted by Crippen LogP contribution is -2.44. The first-order valence-corrected chi connectivity index (χ1v) is 7.36. The van der Waals surface area contributed by atoms with Gasteiger partial charge in [-0.25, -0.2) is 0 Å². The summed E-state index contributed by atoms with van der Waals surface area (Å²) in [4.78, 5) is 2.44. The molecule has 1 aliphatic heterocycles. The van der Waals surface area contributed by atoms with Gasteiger partial charge < -0.3 is 15.3 Å². The fraction of sp³-hybridized carbons (Fsp3) is 1.00. The zero-order valence-corrected chi connectivity index (χ0v) is 11.2. The minimum absolute atomic E-state index is 0.0933. The highest BCUT2D eigenvalue weighted by molar-refractivity contribution is 4.82. The number of nitrogens with one attached hydrogen (secondary N) is 1. The monoisotopic (exact) mass is 240 g/mol. The molecule has 0 aromatic heterocycles. The quantitative estimate of drug-likeness (QED) is 0.736. The van der Waals surface area contributed by atoms with Crippen molar-refractivity contribution in [1.82, 2.24) is 10.2 Å². The van der Waals surface area contributed by atoms with Gasteiger partial charge in [0, 0.05) is 12.6 Å². The molecule has 0 aromatic rings. The van der Waals surface area contributed by atoms with Gasteiger partial charge in [0.1, 0.15) is 0 Å². The molecular weight excluding hydrogens is 212 g/mol. The Balaban J connectivity index is 1.81. The van der Waals surface area contributed by atoms with Crippen molar-refractivity contribution >= 4 is 0 Å². The maximum Gasteiger partial charge on any atom is 0.0695 e. The Morgan fingerprint density at radius 2 is 1.76 bits per heavy atom. The molecule has 2 unspecified atom stereocenters. The fourth-order valence-electron chi connectivity index (χ4n) is 3.39. The molecule has 100 valence electrons. The summed E-state index contributed by atoms with van der Waals surface area (Å²) in [5.41, 5.74) is 0. The van der Waals surface area contributed by atoms with Crippen molar-refractivity contribution in [3.63, 3.8) is 0 Å². The Morgan fingerprint density at radius 1 is 1.06 bits per heavy atom. The van der Waals surface area contributed by atoms with Gasteiger partial charge in [-0.15, -0.1) is 0 Å². The summed E-state index contributed by atoms with van der Waals surface area (Å²) >= 11 is 0. The van der Waals surface area contributed by atoms with Gasteiger partial charge in [-0.05, 0) is 51.7 Å². The van der Waals surface area contributed by atoms with Gasteiger partial charge in [0.2, 0.25) is 0 Å². The molecule has 17 heavy (non-hydrogen) atoms. The van der Waals surface area contributed by atoms with E-state index in [9.17, 15) is 5.11 Å². The molecule has 1 heterocycles. The molecule has 1 saturated heterocycles. The lowest BCUT2D eigenvalue weighted by Gasteiger charge is -2.34. The third-order valence-corrected chi connectivity index (χ3v) is 4.51. The second-order valence-electron chi connectivity index (χ2n) is 5.91. The molecule has 0 spiro atoms. The Labute approximate surface area is 106 Å². The van der Waals surface area contributed by atoms with Crippen molar-refractivity contribution < 1.29 is 5.11 Å². The highest BCUT2D eigenvalue weighted by atomic mass is 16.3. The van der Waals surface area contributed by atoms with Crippen LogP contribution in [-0.4, -0.2) is 48.8 Å². The molecular formula is C14H28N2O. The van der Waals surface area contributed by atoms with E-state index in [2.05, 4.69) is 17.3 Å². The van der Waals surface area contributed by atoms with Crippen LogP contribution in [0, 0.1) is 5.92 Å². The summed E-state index contributed by atoms with van der Waals surface area (Å²) in [6.07, 6.45) is 8.49. The smallest absolute Gasteiger partial charge is 0.0695 e. The largest absolute Gasteiger partial charge is 0.391 e. The van der Waals surface area contributed by atoms with Crippen LogP contribution in [0.3, 0.4) is 0 Å². The number of rotatable bonds is 3. The Morgan fingerprint density at radius 3 is 2.53 bits per heavy atom. The number of hydrogen-bond acceptors (Lipinski definition) is 3. The number of hydrogen-bond donors (Lipinski definition) is 2. The van der Waals surface area contributed by atoms with Gasteiger partial charge in [0.05, 0.1) is 6.10 Å². The van der Waals surface area contributed by atoms with Crippen molar-refractivity contribution in [3.05, 3.63) is 0 Å². The summed E-state index contributed by atoms with van der Waals surface area (Å²) in [6, 6.07) is 0.410. The molecule has 3 nitrogen and oxygen atoms in total. The third kappa shape index (κ3) is 3.94. The van der Waals surface area contributed by atoms with E-state index >= 15 is 0 Å². The molecule has 2 atom stereocenters. The standard InChI is InChI=1S/C14H28N2O/c1-16(11-12-7-9-15-10-8-12)13-5-3-2-4-6-14(13)17/h12-15,17H,2-11H2,1H3. The average molecular weight is 240 g/mol. The summed E-state index contributed by atoms with van der Waals surface area (Å²) in [6.45, 7) is 3.51. The molecule has 0 aromatic carbocycles. The molecule has 3 heteroatoms. The van der Waals surface area contributed by atoms with E-state index in [1.165, 1.54) is 58.2 Å². The summed E-state index contributed by atoms with van der Waals surface area (Å²) in [5, 5.41) is 13.6. The van der Waals surface area contributed by atoms with E-state index < -0.39 is 0 Å². The molecule has 0 bridgehead atoms. The Kier molecular flexibility index (Phi) is 5.26. The highest BCUT2D eigenvalue weighted by Gasteiger charge is 2.27. The molecule has 1 aliphatic carbocycles. The van der Waals surface area contributed by atoms with E-state index in [1.54, 1.807) is 0 Å². The zero-order valence-electron chi connectivity index (χ0n) is 11.2. The first-order valence-electron chi connectivity index (χ1n) is 7.36. The molecule has 0 amide bonds. The average Bonchev–Trinajstić information content (AvgIpc) is 2.55. The number of aliphatic hydroxyl groups excluding tert-OH is 1. The number of piperidine rings is 1. The van der Waals surface area contributed by atoms with Gasteiger partial charge in [-0.3, -0.25) is 0 Å². The summed E-state index contributed by atoms with van der Waals surface area (Å²) < 4.78 is 0. The van der Waals surface area contributed by atoms with Gasteiger partial charge in [0.15, 0.2) is 0 Å². The third-order valence-electron chi connectivity index (χ3n) is 4.51. The van der Waals surface area contributed by atoms with Crippen molar-refractivity contribution in [3.8, 4) is 0 Å². The van der Waals surface area contributed by atoms with Gasteiger partial charge in [0.25, 0.3) is 0 Å². The van der Waals surface area contributed by atoms with Crippen molar-refractivity contribution in [2.24, 2.45) is 5.92 Å². The molecule has 2 fully saturated rings. The molecule has 2 N–H and O–H groups in total. The van der Waals surface area contributed by atoms with Crippen LogP contribution in [0.4, 0.5) is 0 Å². The van der Waals surface area contributed by atoms with Gasteiger partial charge in [-0.1, -0.05) is 19.3 Å². The first-order chi connectivity index (χ1) is 8.27. The molecule has 2 rings (SSSR count). The molecule has 2 aliphatic rings. The maximum absolute atomic E-state index is 10.2. The van der Waals surface area contributed by atoms with E-state index in [-0.39, 0.29) is 6.10 Å². The van der Waals surface area contributed by atoms with Crippen molar-refractivity contribution in [2.45, 2.75) is 57.1 Å². The van der Waals surface area contributed by atoms with Gasteiger partial charge in [-0.2, -0.15) is 0 Å². The minimum Gasteiger partial charge on any atom is -0.391 e. The van der Waals surface area contributed by atoms with E-state index in [4.69, 9.17) is 0 Å². The highest BCUT2D eigenvalue weighted by Crippen LogP contribution is 2.23. The van der Waals surface area contributed by atoms with Crippen LogP contribution < -0.4 is 5.32 Å². The minimum atomic E-state index is -0.0933. The Bertz CT molecular complexity index is 216. The van der Waals surface area contributed by atoms with Crippen LogP contribution in [0.5, 0.6) is 0 Å². The second-order valence-corrected chi connectivity index (χ2v) is 5.91. The van der Waals surface area contributed by atoms with Crippen LogP contribution in [0.1, 0.15) is 44.9 Å². The number of nitrogens with zero attached hydrogens (tertiary/aromatic N) is 1. The van der Waals surface area contributed by atoms with Crippen LogP contribution in [0.15, 0.2) is 0 Å². The number of likely N-dealkylation sites (N-methyl/N-ethyl adjacent to an activating group) is 1. The summed E-state index contributed by atoms with van der Waals surface area (Å²) in [7, 11) is 2.21. The van der Waals surface area contributed by atoms with E-state index in [1.807, 2.05) is 0 Å². The zero-order chi connectivity index (χ0) is 12.1. The topological polar surface area (TPSA) is 35.5 Å². The van der Waals surface area contributed by atoms with Crippen LogP contribution in [-0.2, 0) is 0 Å². The molecule has 0 radical (unpaired) electrons. The maximum atomic E-state index is 10.2. The lowest BCUT2D eigenvalue weighted by molar-refractivity contribution is 0.0476. The SMILES string of the molecule is CN(CC1CCNCC1)C1CCCCCC1O.